The van der Waals surface area contributed by atoms with Crippen LogP contribution in [0.5, 0.6) is 0 Å². The lowest BCUT2D eigenvalue weighted by Gasteiger charge is -1.97. The van der Waals surface area contributed by atoms with Gasteiger partial charge in [-0.1, -0.05) is 19.8 Å². The second-order valence-electron chi connectivity index (χ2n) is 2.14. The van der Waals surface area contributed by atoms with E-state index < -0.39 is 10.4 Å². The van der Waals surface area contributed by atoms with Gasteiger partial charge in [0.2, 0.25) is 0 Å². The third-order valence-electron chi connectivity index (χ3n) is 1.10. The second kappa shape index (κ2) is 5.51. The largest absolute Gasteiger partial charge is 0.397 e. The highest BCUT2D eigenvalue weighted by Gasteiger charge is 2.02. The van der Waals surface area contributed by atoms with E-state index >= 15 is 0 Å². The van der Waals surface area contributed by atoms with Gasteiger partial charge in [-0.25, -0.2) is 4.18 Å². The van der Waals surface area contributed by atoms with Gasteiger partial charge in [0, 0.05) is 0 Å². The Balaban J connectivity index is 3.16. The van der Waals surface area contributed by atoms with Crippen LogP contribution in [0.3, 0.4) is 0 Å². The Labute approximate surface area is 67.5 Å². The first kappa shape index (κ1) is 10.9. The lowest BCUT2D eigenvalue weighted by molar-refractivity contribution is 0.285. The van der Waals surface area contributed by atoms with Gasteiger partial charge in [0.25, 0.3) is 0 Å². The summed E-state index contributed by atoms with van der Waals surface area (Å²) in [4.78, 5) is 0. The molecule has 0 bridgehead atoms. The number of unbranched alkanes of at least 4 members (excludes halogenated alkanes) is 3. The molecular weight excluding hydrogens is 168 g/mol. The van der Waals surface area contributed by atoms with Crippen molar-refractivity contribution in [3.63, 3.8) is 0 Å². The van der Waals surface area contributed by atoms with E-state index in [2.05, 4.69) is 4.18 Å². The fraction of sp³-hybridized carbons (Fsp3) is 0.833. The summed E-state index contributed by atoms with van der Waals surface area (Å²) in [5, 5.41) is 0. The summed E-state index contributed by atoms with van der Waals surface area (Å²) in [5.74, 6) is 0. The normalized spacial score (nSPS) is 11.8. The van der Waals surface area contributed by atoms with Crippen molar-refractivity contribution in [3.05, 3.63) is 6.42 Å². The molecule has 0 aromatic carbocycles. The van der Waals surface area contributed by atoms with Crippen LogP contribution in [0.2, 0.25) is 0 Å². The zero-order chi connectivity index (χ0) is 8.74. The molecule has 0 aliphatic rings. The minimum absolute atomic E-state index is 0.0428. The van der Waals surface area contributed by atoms with E-state index in [-0.39, 0.29) is 6.61 Å². The highest BCUT2D eigenvalue weighted by molar-refractivity contribution is 7.80. The lowest BCUT2D eigenvalue weighted by Crippen LogP contribution is -2.04. The minimum atomic E-state index is -4.24. The Bertz CT molecular complexity index is 173. The first-order valence-corrected chi connectivity index (χ1v) is 4.86. The van der Waals surface area contributed by atoms with E-state index in [1.165, 1.54) is 0 Å². The molecule has 1 radical (unpaired) electrons. The summed E-state index contributed by atoms with van der Waals surface area (Å²) in [7, 11) is -4.24. The van der Waals surface area contributed by atoms with Crippen LogP contribution < -0.4 is 0 Å². The summed E-state index contributed by atoms with van der Waals surface area (Å²) >= 11 is 0. The molecule has 0 fully saturated rings. The molecule has 0 aromatic rings. The van der Waals surface area contributed by atoms with Crippen molar-refractivity contribution in [2.45, 2.75) is 26.2 Å². The van der Waals surface area contributed by atoms with Gasteiger partial charge in [0.05, 0.1) is 6.61 Å². The van der Waals surface area contributed by atoms with Gasteiger partial charge in [-0.2, -0.15) is 8.42 Å². The molecule has 0 saturated heterocycles. The maximum atomic E-state index is 9.98. The predicted molar refractivity (Wildman–Crippen MR) is 41.3 cm³/mol. The van der Waals surface area contributed by atoms with Crippen molar-refractivity contribution in [1.29, 1.82) is 0 Å². The summed E-state index contributed by atoms with van der Waals surface area (Å²) in [6, 6.07) is 0. The molecule has 0 spiro atoms. The second-order valence-corrected chi connectivity index (χ2v) is 3.23. The Morgan fingerprint density at radius 2 is 2.18 bits per heavy atom. The highest BCUT2D eigenvalue weighted by atomic mass is 32.3. The maximum absolute atomic E-state index is 9.98. The molecule has 1 N–H and O–H groups in total. The summed E-state index contributed by atoms with van der Waals surface area (Å²) < 4.78 is 32.1. The fourth-order valence-electron chi connectivity index (χ4n) is 0.566. The van der Waals surface area contributed by atoms with E-state index in [9.17, 15) is 8.42 Å². The van der Waals surface area contributed by atoms with Crippen molar-refractivity contribution in [2.75, 3.05) is 6.61 Å². The Kier molecular flexibility index (Phi) is 5.45. The highest BCUT2D eigenvalue weighted by Crippen LogP contribution is 1.98. The molecule has 0 aliphatic heterocycles. The van der Waals surface area contributed by atoms with Gasteiger partial charge < -0.3 is 0 Å². The molecule has 0 atom stereocenters. The van der Waals surface area contributed by atoms with E-state index in [4.69, 9.17) is 4.55 Å². The van der Waals surface area contributed by atoms with Crippen molar-refractivity contribution in [1.82, 2.24) is 0 Å². The molecule has 0 aliphatic carbocycles. The van der Waals surface area contributed by atoms with Crippen molar-refractivity contribution in [3.8, 4) is 0 Å². The van der Waals surface area contributed by atoms with Gasteiger partial charge in [0.1, 0.15) is 0 Å². The van der Waals surface area contributed by atoms with Crippen LogP contribution in [0, 0.1) is 6.42 Å². The first-order chi connectivity index (χ1) is 5.06. The van der Waals surface area contributed by atoms with Crippen LogP contribution in [0.1, 0.15) is 26.2 Å². The van der Waals surface area contributed by atoms with Crippen LogP contribution in [0.4, 0.5) is 0 Å². The van der Waals surface area contributed by atoms with Gasteiger partial charge >= 0.3 is 10.4 Å². The molecular formula is C6H13O4S. The molecule has 0 aromatic heterocycles. The summed E-state index contributed by atoms with van der Waals surface area (Å²) in [5.41, 5.74) is 0. The van der Waals surface area contributed by atoms with Crippen LogP contribution in [0.15, 0.2) is 0 Å². The van der Waals surface area contributed by atoms with Crippen LogP contribution in [-0.2, 0) is 14.6 Å². The van der Waals surface area contributed by atoms with Gasteiger partial charge in [-0.3, -0.25) is 4.55 Å². The van der Waals surface area contributed by atoms with Gasteiger partial charge in [0.15, 0.2) is 0 Å². The minimum Gasteiger partial charge on any atom is -0.264 e. The van der Waals surface area contributed by atoms with E-state index in [0.717, 1.165) is 19.3 Å². The SMILES string of the molecule is CCCC[CH]COS(=O)(=O)O. The average Bonchev–Trinajstić information content (AvgIpc) is 1.85. The number of hydrogen-bond donors (Lipinski definition) is 1. The fourth-order valence-corrected chi connectivity index (χ4v) is 0.834. The molecule has 0 unspecified atom stereocenters. The van der Waals surface area contributed by atoms with Gasteiger partial charge in [-0.05, 0) is 12.8 Å². The topological polar surface area (TPSA) is 63.6 Å². The van der Waals surface area contributed by atoms with E-state index in [0.29, 0.717) is 0 Å². The lowest BCUT2D eigenvalue weighted by atomic mass is 10.2. The van der Waals surface area contributed by atoms with E-state index in [1.807, 2.05) is 6.92 Å². The molecule has 0 saturated carbocycles. The average molecular weight is 181 g/mol. The Morgan fingerprint density at radius 3 is 2.64 bits per heavy atom. The monoisotopic (exact) mass is 181 g/mol. The molecule has 0 amide bonds. The molecule has 67 valence electrons. The Hall–Kier alpha value is -0.130. The van der Waals surface area contributed by atoms with E-state index in [1.54, 1.807) is 6.42 Å². The first-order valence-electron chi connectivity index (χ1n) is 3.49. The molecule has 11 heavy (non-hydrogen) atoms. The third kappa shape index (κ3) is 9.87. The quantitative estimate of drug-likeness (QED) is 0.494. The van der Waals surface area contributed by atoms with Crippen molar-refractivity contribution >= 4 is 10.4 Å². The number of hydrogen-bond acceptors (Lipinski definition) is 3. The molecule has 0 heterocycles. The summed E-state index contributed by atoms with van der Waals surface area (Å²) in [6.45, 7) is 2.00. The van der Waals surface area contributed by atoms with Crippen LogP contribution in [0.25, 0.3) is 0 Å². The zero-order valence-corrected chi connectivity index (χ0v) is 7.30. The van der Waals surface area contributed by atoms with Crippen molar-refractivity contribution < 1.29 is 17.2 Å². The molecule has 4 nitrogen and oxygen atoms in total. The standard InChI is InChI=1S/C6H13O4S/c1-2-3-4-5-6-10-11(7,8)9/h5H,2-4,6H2,1H3,(H,7,8,9). The smallest absolute Gasteiger partial charge is 0.264 e. The van der Waals surface area contributed by atoms with Crippen LogP contribution >= 0.6 is 0 Å². The summed E-state index contributed by atoms with van der Waals surface area (Å²) in [6.07, 6.45) is 4.56. The number of rotatable bonds is 6. The Morgan fingerprint density at radius 1 is 1.55 bits per heavy atom. The predicted octanol–water partition coefficient (Wildman–Crippen LogP) is 1.20. The third-order valence-corrected chi connectivity index (χ3v) is 1.53. The van der Waals surface area contributed by atoms with Crippen LogP contribution in [-0.4, -0.2) is 19.6 Å². The maximum Gasteiger partial charge on any atom is 0.397 e. The van der Waals surface area contributed by atoms with Gasteiger partial charge in [-0.15, -0.1) is 0 Å². The zero-order valence-electron chi connectivity index (χ0n) is 6.49. The molecule has 5 heteroatoms. The van der Waals surface area contributed by atoms with Crippen molar-refractivity contribution in [2.24, 2.45) is 0 Å². The molecule has 0 rings (SSSR count).